The second kappa shape index (κ2) is 43.4. The van der Waals surface area contributed by atoms with Crippen LogP contribution in [0, 0.1) is 0 Å². The molecule has 0 rings (SSSR count). The molecule has 0 aliphatic carbocycles. The number of rotatable bonds is 41. The van der Waals surface area contributed by atoms with Gasteiger partial charge in [-0.1, -0.05) is 179 Å². The molecule has 0 amide bonds. The third-order valence-corrected chi connectivity index (χ3v) is 9.87. The molecule has 1 atom stereocenters. The number of carbonyl (C=O) groups excluding carboxylic acids is 3. The van der Waals surface area contributed by atoms with Crippen LogP contribution in [0.4, 0.5) is 0 Å². The molecule has 6 heteroatoms. The number of esters is 3. The molecule has 6 nitrogen and oxygen atoms in total. The van der Waals surface area contributed by atoms with E-state index in [0.717, 1.165) is 77.0 Å². The van der Waals surface area contributed by atoms with Crippen LogP contribution < -0.4 is 0 Å². The van der Waals surface area contributed by atoms with Crippen LogP contribution >= 0.6 is 0 Å². The van der Waals surface area contributed by atoms with E-state index in [2.05, 4.69) is 57.2 Å². The van der Waals surface area contributed by atoms with Crippen LogP contribution in [-0.4, -0.2) is 37.2 Å². The molecule has 0 aromatic carbocycles. The Morgan fingerprint density at radius 2 is 0.685 bits per heavy atom. The van der Waals surface area contributed by atoms with Crippen molar-refractivity contribution < 1.29 is 28.6 Å². The van der Waals surface area contributed by atoms with Gasteiger partial charge in [0.15, 0.2) is 6.10 Å². The second-order valence-electron chi connectivity index (χ2n) is 15.3. The molecule has 0 fully saturated rings. The second-order valence-corrected chi connectivity index (χ2v) is 15.3. The minimum atomic E-state index is -0.771. The maximum Gasteiger partial charge on any atom is 0.306 e. The normalized spacial score (nSPS) is 12.3. The van der Waals surface area contributed by atoms with Gasteiger partial charge in [-0.05, 0) is 70.6 Å². The molecule has 0 saturated carbocycles. The molecule has 0 aromatic heterocycles. The topological polar surface area (TPSA) is 78.9 Å². The maximum atomic E-state index is 12.6. The van der Waals surface area contributed by atoms with E-state index in [1.807, 2.05) is 0 Å². The summed E-state index contributed by atoms with van der Waals surface area (Å²) in [5.74, 6) is -0.899. The van der Waals surface area contributed by atoms with Crippen LogP contribution in [0.2, 0.25) is 0 Å². The SMILES string of the molecule is CCCC/C=C\CCCCCCCC(=O)OC(COC(=O)CCCCCCCC)COC(=O)CCCCCCCCCCC/C=C\C/C=C\CCCCC. The van der Waals surface area contributed by atoms with Crippen LogP contribution in [0.3, 0.4) is 0 Å². The predicted octanol–water partition coefficient (Wildman–Crippen LogP) is 14.6. The molecular weight excluding hydrogens is 673 g/mol. The van der Waals surface area contributed by atoms with Crippen molar-refractivity contribution in [2.75, 3.05) is 13.2 Å². The van der Waals surface area contributed by atoms with E-state index in [4.69, 9.17) is 14.2 Å². The lowest BCUT2D eigenvalue weighted by Crippen LogP contribution is -2.30. The van der Waals surface area contributed by atoms with Crippen LogP contribution in [-0.2, 0) is 28.6 Å². The molecule has 0 radical (unpaired) electrons. The highest BCUT2D eigenvalue weighted by Crippen LogP contribution is 2.14. The summed E-state index contributed by atoms with van der Waals surface area (Å²) in [5, 5.41) is 0. The molecule has 0 spiro atoms. The molecule has 0 saturated heterocycles. The first kappa shape index (κ1) is 51.6. The number of hydrogen-bond acceptors (Lipinski definition) is 6. The van der Waals surface area contributed by atoms with Crippen molar-refractivity contribution in [1.82, 2.24) is 0 Å². The zero-order valence-electron chi connectivity index (χ0n) is 35.7. The Labute approximate surface area is 334 Å². The lowest BCUT2D eigenvalue weighted by molar-refractivity contribution is -0.167. The van der Waals surface area contributed by atoms with E-state index in [1.165, 1.54) is 116 Å². The molecule has 0 aliphatic heterocycles. The Morgan fingerprint density at radius 1 is 0.370 bits per heavy atom. The average molecular weight is 759 g/mol. The van der Waals surface area contributed by atoms with Gasteiger partial charge in [0.2, 0.25) is 0 Å². The van der Waals surface area contributed by atoms with Crippen molar-refractivity contribution in [3.05, 3.63) is 36.5 Å². The van der Waals surface area contributed by atoms with Gasteiger partial charge in [0.1, 0.15) is 13.2 Å². The molecule has 0 aliphatic rings. The summed E-state index contributed by atoms with van der Waals surface area (Å²) in [6, 6.07) is 0. The van der Waals surface area contributed by atoms with Gasteiger partial charge >= 0.3 is 17.9 Å². The molecule has 0 N–H and O–H groups in total. The fraction of sp³-hybridized carbons (Fsp3) is 0.812. The summed E-state index contributed by atoms with van der Waals surface area (Å²) in [5.41, 5.74) is 0. The van der Waals surface area contributed by atoms with Gasteiger partial charge in [-0.2, -0.15) is 0 Å². The van der Waals surface area contributed by atoms with E-state index in [1.54, 1.807) is 0 Å². The number of unbranched alkanes of at least 4 members (excludes halogenated alkanes) is 24. The third kappa shape index (κ3) is 40.8. The number of ether oxygens (including phenoxy) is 3. The first-order valence-electron chi connectivity index (χ1n) is 23.0. The van der Waals surface area contributed by atoms with Crippen LogP contribution in [0.15, 0.2) is 36.5 Å². The quantitative estimate of drug-likeness (QED) is 0.0267. The van der Waals surface area contributed by atoms with Gasteiger partial charge < -0.3 is 14.2 Å². The minimum Gasteiger partial charge on any atom is -0.462 e. The van der Waals surface area contributed by atoms with Gasteiger partial charge in [-0.3, -0.25) is 14.4 Å². The predicted molar refractivity (Wildman–Crippen MR) is 229 cm³/mol. The minimum absolute atomic E-state index is 0.0764. The van der Waals surface area contributed by atoms with Crippen molar-refractivity contribution >= 4 is 17.9 Å². The van der Waals surface area contributed by atoms with E-state index < -0.39 is 6.10 Å². The Balaban J connectivity index is 4.20. The molecule has 54 heavy (non-hydrogen) atoms. The molecule has 1 unspecified atom stereocenters. The fourth-order valence-corrected chi connectivity index (χ4v) is 6.33. The summed E-state index contributed by atoms with van der Waals surface area (Å²) < 4.78 is 16.6. The average Bonchev–Trinajstić information content (AvgIpc) is 3.17. The summed E-state index contributed by atoms with van der Waals surface area (Å²) in [7, 11) is 0. The standard InChI is InChI=1S/C48H86O6/c1-4-7-10-13-16-18-20-21-22-23-24-25-26-27-29-30-32-35-38-41-47(50)53-44-45(43-52-46(49)40-37-34-15-12-9-6-3)54-48(51)42-39-36-33-31-28-19-17-14-11-8-5-2/h14,16-18,21-22,45H,4-13,15,19-20,23-44H2,1-3H3/b17-14-,18-16-,22-21-. The van der Waals surface area contributed by atoms with Gasteiger partial charge in [0.25, 0.3) is 0 Å². The van der Waals surface area contributed by atoms with Gasteiger partial charge in [-0.15, -0.1) is 0 Å². The van der Waals surface area contributed by atoms with E-state index >= 15 is 0 Å². The molecular formula is C48H86O6. The van der Waals surface area contributed by atoms with Crippen molar-refractivity contribution in [2.45, 2.75) is 239 Å². The van der Waals surface area contributed by atoms with Gasteiger partial charge in [0.05, 0.1) is 0 Å². The summed E-state index contributed by atoms with van der Waals surface area (Å²) in [6.07, 6.45) is 48.6. The summed E-state index contributed by atoms with van der Waals surface area (Å²) in [4.78, 5) is 37.5. The molecule has 314 valence electrons. The Kier molecular flexibility index (Phi) is 41.5. The maximum absolute atomic E-state index is 12.6. The van der Waals surface area contributed by atoms with Crippen molar-refractivity contribution in [3.63, 3.8) is 0 Å². The lowest BCUT2D eigenvalue weighted by Gasteiger charge is -2.18. The third-order valence-electron chi connectivity index (χ3n) is 9.87. The highest BCUT2D eigenvalue weighted by atomic mass is 16.6. The smallest absolute Gasteiger partial charge is 0.306 e. The molecule has 0 aromatic rings. The number of carbonyl (C=O) groups is 3. The molecule has 0 heterocycles. The largest absolute Gasteiger partial charge is 0.462 e. The first-order valence-corrected chi connectivity index (χ1v) is 23.0. The summed E-state index contributed by atoms with van der Waals surface area (Å²) in [6.45, 7) is 6.50. The summed E-state index contributed by atoms with van der Waals surface area (Å²) >= 11 is 0. The van der Waals surface area contributed by atoms with E-state index in [0.29, 0.717) is 19.3 Å². The van der Waals surface area contributed by atoms with Gasteiger partial charge in [-0.25, -0.2) is 0 Å². The van der Waals surface area contributed by atoms with E-state index in [9.17, 15) is 14.4 Å². The first-order chi connectivity index (χ1) is 26.5. The lowest BCUT2D eigenvalue weighted by atomic mass is 10.1. The number of allylic oxidation sites excluding steroid dienone is 6. The Hall–Kier alpha value is -2.37. The highest BCUT2D eigenvalue weighted by Gasteiger charge is 2.19. The zero-order valence-corrected chi connectivity index (χ0v) is 35.7. The van der Waals surface area contributed by atoms with Crippen molar-refractivity contribution in [3.8, 4) is 0 Å². The zero-order chi connectivity index (χ0) is 39.4. The monoisotopic (exact) mass is 759 g/mol. The van der Waals surface area contributed by atoms with Crippen molar-refractivity contribution in [2.24, 2.45) is 0 Å². The van der Waals surface area contributed by atoms with Crippen LogP contribution in [0.25, 0.3) is 0 Å². The Morgan fingerprint density at radius 3 is 1.13 bits per heavy atom. The van der Waals surface area contributed by atoms with Crippen LogP contribution in [0.5, 0.6) is 0 Å². The van der Waals surface area contributed by atoms with E-state index in [-0.39, 0.29) is 31.1 Å². The number of hydrogen-bond donors (Lipinski definition) is 0. The van der Waals surface area contributed by atoms with Crippen LogP contribution in [0.1, 0.15) is 233 Å². The molecule has 0 bridgehead atoms. The fourth-order valence-electron chi connectivity index (χ4n) is 6.33. The highest BCUT2D eigenvalue weighted by molar-refractivity contribution is 5.71. The Bertz CT molecular complexity index is 922. The van der Waals surface area contributed by atoms with Gasteiger partial charge in [0, 0.05) is 19.3 Å². The van der Waals surface area contributed by atoms with Crippen molar-refractivity contribution in [1.29, 1.82) is 0 Å².